The van der Waals surface area contributed by atoms with Gasteiger partial charge in [-0.25, -0.2) is 0 Å². The average Bonchev–Trinajstić information content (AvgIpc) is 1.88. The van der Waals surface area contributed by atoms with Crippen LogP contribution in [0.5, 0.6) is 0 Å². The number of aliphatic carboxylic acids is 2. The molecule has 0 atom stereocenters. The molecule has 0 heterocycles. The second-order valence-corrected chi connectivity index (χ2v) is 2.99. The molecular weight excluding hydrogens is 267 g/mol. The first-order valence-electron chi connectivity index (χ1n) is 3.74. The van der Waals surface area contributed by atoms with Crippen LogP contribution in [0.2, 0.25) is 0 Å². The summed E-state index contributed by atoms with van der Waals surface area (Å²) < 4.78 is 0. The molecule has 82 valence electrons. The Bertz CT molecular complexity index is 136. The van der Waals surface area contributed by atoms with Gasteiger partial charge in [-0.2, -0.15) is 0 Å². The number of hydrogen-bond acceptors (Lipinski definition) is 2. The van der Waals surface area contributed by atoms with Gasteiger partial charge in [-0.3, -0.25) is 9.59 Å². The summed E-state index contributed by atoms with van der Waals surface area (Å²) in [5, 5.41) is 16.0. The molecule has 0 bridgehead atoms. The van der Waals surface area contributed by atoms with Crippen molar-refractivity contribution < 1.29 is 40.2 Å². The largest absolute Gasteiger partial charge is 0.481 e. The summed E-state index contributed by atoms with van der Waals surface area (Å²) in [6.45, 7) is 6.56. The van der Waals surface area contributed by atoms with Gasteiger partial charge in [0.2, 0.25) is 0 Å². The van der Waals surface area contributed by atoms with Crippen LogP contribution in [-0.2, 0) is 30.0 Å². The Morgan fingerprint density at radius 1 is 0.846 bits per heavy atom. The fourth-order valence-electron chi connectivity index (χ4n) is 0. The molecule has 2 N–H and O–H groups in total. The summed E-state index contributed by atoms with van der Waals surface area (Å²) >= 11 is 0. The van der Waals surface area contributed by atoms with Gasteiger partial charge in [0.05, 0.1) is 11.8 Å². The van der Waals surface area contributed by atoms with Gasteiger partial charge in [0.15, 0.2) is 0 Å². The maximum absolute atomic E-state index is 9.70. The van der Waals surface area contributed by atoms with Crippen molar-refractivity contribution in [3.63, 3.8) is 0 Å². The van der Waals surface area contributed by atoms with Gasteiger partial charge in [0, 0.05) is 20.4 Å². The quantitative estimate of drug-likeness (QED) is 0.752. The molecule has 0 amide bonds. The number of rotatable bonds is 2. The first kappa shape index (κ1) is 18.4. The molecule has 4 nitrogen and oxygen atoms in total. The maximum Gasteiger partial charge on any atom is 0.305 e. The molecule has 0 saturated heterocycles. The molecule has 0 spiro atoms. The van der Waals surface area contributed by atoms with Crippen molar-refractivity contribution in [1.29, 1.82) is 0 Å². The second-order valence-electron chi connectivity index (χ2n) is 2.99. The van der Waals surface area contributed by atoms with Crippen molar-refractivity contribution in [2.24, 2.45) is 11.8 Å². The third-order valence-corrected chi connectivity index (χ3v) is 0.988. The minimum Gasteiger partial charge on any atom is -0.481 e. The number of carboxylic acid groups (broad SMARTS) is 2. The van der Waals surface area contributed by atoms with E-state index in [1.807, 2.05) is 0 Å². The van der Waals surface area contributed by atoms with E-state index in [0.29, 0.717) is 0 Å². The van der Waals surface area contributed by atoms with Crippen molar-refractivity contribution >= 4 is 11.9 Å². The van der Waals surface area contributed by atoms with Crippen molar-refractivity contribution in [2.45, 2.75) is 27.7 Å². The van der Waals surface area contributed by atoms with Gasteiger partial charge >= 0.3 is 11.9 Å². The summed E-state index contributed by atoms with van der Waals surface area (Å²) in [7, 11) is 0. The Hall–Kier alpha value is -0.398. The average molecular weight is 283 g/mol. The Balaban J connectivity index is -0.000000143. The van der Waals surface area contributed by atoms with E-state index in [0.717, 1.165) is 0 Å². The van der Waals surface area contributed by atoms with Gasteiger partial charge < -0.3 is 10.2 Å². The SMILES string of the molecule is CC(C)C(=O)O.CC(C)C(=O)O.[Pd]. The summed E-state index contributed by atoms with van der Waals surface area (Å²) in [4.78, 5) is 19.4. The van der Waals surface area contributed by atoms with E-state index in [-0.39, 0.29) is 32.3 Å². The van der Waals surface area contributed by atoms with Gasteiger partial charge in [0.1, 0.15) is 0 Å². The van der Waals surface area contributed by atoms with E-state index in [4.69, 9.17) is 10.2 Å². The zero-order valence-electron chi connectivity index (χ0n) is 8.18. The standard InChI is InChI=1S/2C4H8O2.Pd/c2*1-3(2)4(5)6;/h2*3H,1-2H3,(H,5,6);. The minimum absolute atomic E-state index is 0. The van der Waals surface area contributed by atoms with E-state index < -0.39 is 11.9 Å². The summed E-state index contributed by atoms with van der Waals surface area (Å²) in [6.07, 6.45) is 0. The summed E-state index contributed by atoms with van der Waals surface area (Å²) in [5.41, 5.74) is 0. The Morgan fingerprint density at radius 3 is 0.923 bits per heavy atom. The van der Waals surface area contributed by atoms with Crippen LogP contribution in [-0.4, -0.2) is 22.2 Å². The van der Waals surface area contributed by atoms with Crippen LogP contribution < -0.4 is 0 Å². The van der Waals surface area contributed by atoms with Crippen molar-refractivity contribution in [2.75, 3.05) is 0 Å². The third-order valence-electron chi connectivity index (χ3n) is 0.988. The van der Waals surface area contributed by atoms with Gasteiger partial charge in [-0.15, -0.1) is 0 Å². The van der Waals surface area contributed by atoms with Crippen LogP contribution in [0.25, 0.3) is 0 Å². The van der Waals surface area contributed by atoms with E-state index in [2.05, 4.69) is 0 Å². The minimum atomic E-state index is -0.741. The molecule has 13 heavy (non-hydrogen) atoms. The third kappa shape index (κ3) is 18.5. The number of carbonyl (C=O) groups is 2. The maximum atomic E-state index is 9.70. The van der Waals surface area contributed by atoms with Crippen LogP contribution in [0.1, 0.15) is 27.7 Å². The predicted molar refractivity (Wildman–Crippen MR) is 44.9 cm³/mol. The fourth-order valence-corrected chi connectivity index (χ4v) is 0. The molecule has 0 aromatic carbocycles. The van der Waals surface area contributed by atoms with Crippen molar-refractivity contribution in [1.82, 2.24) is 0 Å². The Labute approximate surface area is 92.0 Å². The number of hydrogen-bond donors (Lipinski definition) is 2. The molecule has 5 heteroatoms. The molecule has 0 rings (SSSR count). The zero-order valence-corrected chi connectivity index (χ0v) is 9.74. The van der Waals surface area contributed by atoms with Crippen LogP contribution in [0.4, 0.5) is 0 Å². The van der Waals surface area contributed by atoms with Crippen molar-refractivity contribution in [3.8, 4) is 0 Å². The predicted octanol–water partition coefficient (Wildman–Crippen LogP) is 1.45. The molecule has 0 aliphatic carbocycles. The fraction of sp³-hybridized carbons (Fsp3) is 0.750. The smallest absolute Gasteiger partial charge is 0.305 e. The first-order chi connectivity index (χ1) is 5.29. The Morgan fingerprint density at radius 2 is 0.923 bits per heavy atom. The van der Waals surface area contributed by atoms with E-state index in [1.165, 1.54) is 0 Å². The molecule has 0 radical (unpaired) electrons. The Kier molecular flexibility index (Phi) is 13.7. The van der Waals surface area contributed by atoms with Crippen LogP contribution >= 0.6 is 0 Å². The molecule has 0 unspecified atom stereocenters. The van der Waals surface area contributed by atoms with E-state index >= 15 is 0 Å². The molecule has 0 aliphatic heterocycles. The molecule has 0 saturated carbocycles. The molecular formula is C8H16O4Pd. The zero-order chi connectivity index (χ0) is 10.3. The molecule has 0 fully saturated rings. The molecule has 0 aromatic heterocycles. The van der Waals surface area contributed by atoms with Crippen LogP contribution in [0.3, 0.4) is 0 Å². The van der Waals surface area contributed by atoms with E-state index in [1.54, 1.807) is 27.7 Å². The van der Waals surface area contributed by atoms with Crippen LogP contribution in [0, 0.1) is 11.8 Å². The summed E-state index contributed by atoms with van der Waals surface area (Å²) in [6, 6.07) is 0. The normalized spacial score (nSPS) is 8.46. The van der Waals surface area contributed by atoms with Gasteiger partial charge in [0.25, 0.3) is 0 Å². The molecule has 0 aliphatic rings. The number of carboxylic acids is 2. The van der Waals surface area contributed by atoms with Gasteiger partial charge in [-0.1, -0.05) is 27.7 Å². The van der Waals surface area contributed by atoms with Crippen LogP contribution in [0.15, 0.2) is 0 Å². The van der Waals surface area contributed by atoms with Gasteiger partial charge in [-0.05, 0) is 0 Å². The topological polar surface area (TPSA) is 74.6 Å². The first-order valence-corrected chi connectivity index (χ1v) is 3.74. The second kappa shape index (κ2) is 9.69. The van der Waals surface area contributed by atoms with Crippen molar-refractivity contribution in [3.05, 3.63) is 0 Å². The van der Waals surface area contributed by atoms with E-state index in [9.17, 15) is 9.59 Å². The monoisotopic (exact) mass is 282 g/mol. The molecule has 0 aromatic rings. The summed E-state index contributed by atoms with van der Waals surface area (Å²) in [5.74, 6) is -1.94.